The first-order valence-electron chi connectivity index (χ1n) is 11.1. The molecular weight excluding hydrogens is 466 g/mol. The molecule has 0 aliphatic carbocycles. The topological polar surface area (TPSA) is 118 Å². The van der Waals surface area contributed by atoms with Crippen molar-refractivity contribution >= 4 is 11.6 Å². The quantitative estimate of drug-likeness (QED) is 0.315. The van der Waals surface area contributed by atoms with E-state index in [4.69, 9.17) is 23.7 Å². The maximum atomic E-state index is 12.3. The Morgan fingerprint density at radius 3 is 2.42 bits per heavy atom. The molecule has 1 amide bonds. The summed E-state index contributed by atoms with van der Waals surface area (Å²) in [7, 11) is 6.28. The van der Waals surface area contributed by atoms with Gasteiger partial charge in [-0.25, -0.2) is 0 Å². The van der Waals surface area contributed by atoms with Crippen molar-refractivity contribution in [2.45, 2.75) is 6.42 Å². The summed E-state index contributed by atoms with van der Waals surface area (Å²) in [5.74, 6) is 3.16. The molecule has 2 heterocycles. The van der Waals surface area contributed by atoms with Gasteiger partial charge in [0.25, 0.3) is 0 Å². The van der Waals surface area contributed by atoms with E-state index in [0.29, 0.717) is 52.5 Å². The third-order valence-electron chi connectivity index (χ3n) is 5.37. The van der Waals surface area contributed by atoms with Crippen molar-refractivity contribution in [3.63, 3.8) is 0 Å². The second-order valence-corrected chi connectivity index (χ2v) is 7.60. The summed E-state index contributed by atoms with van der Waals surface area (Å²) in [5, 5.41) is 15.8. The van der Waals surface area contributed by atoms with Crippen molar-refractivity contribution in [3.05, 3.63) is 54.1 Å². The first-order valence-corrected chi connectivity index (χ1v) is 11.1. The number of hydrogen-bond donors (Lipinski definition) is 1. The highest BCUT2D eigenvalue weighted by Gasteiger charge is 2.16. The SMILES string of the molecule is COc1ccc(-c2nnc3ccc(OCCNC(=O)Cc4ccc(OC)c(OC)c4)nn23)c(OC)c1. The van der Waals surface area contributed by atoms with Gasteiger partial charge >= 0.3 is 0 Å². The van der Waals surface area contributed by atoms with Crippen LogP contribution in [0.1, 0.15) is 5.56 Å². The molecule has 4 aromatic rings. The van der Waals surface area contributed by atoms with Gasteiger partial charge in [-0.05, 0) is 35.9 Å². The van der Waals surface area contributed by atoms with E-state index in [-0.39, 0.29) is 18.9 Å². The van der Waals surface area contributed by atoms with Crippen LogP contribution < -0.4 is 29.0 Å². The van der Waals surface area contributed by atoms with Crippen LogP contribution in [0.5, 0.6) is 28.9 Å². The standard InChI is InChI=1S/C25H27N5O6/c1-32-17-6-7-18(20(15-17)34-3)25-28-27-22-9-10-24(29-30(22)25)36-12-11-26-23(31)14-16-5-8-19(33-2)21(13-16)35-4/h5-10,13,15H,11-12,14H2,1-4H3,(H,26,31). The molecule has 0 spiro atoms. The van der Waals surface area contributed by atoms with E-state index in [1.165, 1.54) is 0 Å². The predicted molar refractivity (Wildman–Crippen MR) is 131 cm³/mol. The molecule has 0 bridgehead atoms. The van der Waals surface area contributed by atoms with Crippen LogP contribution >= 0.6 is 0 Å². The average molecular weight is 494 g/mol. The van der Waals surface area contributed by atoms with Gasteiger partial charge in [0.2, 0.25) is 11.8 Å². The van der Waals surface area contributed by atoms with E-state index >= 15 is 0 Å². The number of nitrogens with one attached hydrogen (secondary N) is 1. The Morgan fingerprint density at radius 1 is 0.861 bits per heavy atom. The molecule has 36 heavy (non-hydrogen) atoms. The number of carbonyl (C=O) groups is 1. The van der Waals surface area contributed by atoms with Crippen LogP contribution in [0, 0.1) is 0 Å². The number of aromatic nitrogens is 4. The molecule has 0 aliphatic rings. The molecule has 0 saturated heterocycles. The largest absolute Gasteiger partial charge is 0.497 e. The summed E-state index contributed by atoms with van der Waals surface area (Å²) in [6.07, 6.45) is 0.207. The zero-order valence-electron chi connectivity index (χ0n) is 20.5. The van der Waals surface area contributed by atoms with Gasteiger partial charge in [-0.3, -0.25) is 4.79 Å². The summed E-state index contributed by atoms with van der Waals surface area (Å²) in [6, 6.07) is 14.2. The Kier molecular flexibility index (Phi) is 7.69. The van der Waals surface area contributed by atoms with E-state index in [1.54, 1.807) is 63.3 Å². The van der Waals surface area contributed by atoms with Crippen molar-refractivity contribution in [3.8, 4) is 40.3 Å². The molecule has 0 aliphatic heterocycles. The molecule has 2 aromatic carbocycles. The van der Waals surface area contributed by atoms with Crippen LogP contribution in [-0.2, 0) is 11.2 Å². The van der Waals surface area contributed by atoms with Crippen molar-refractivity contribution in [2.24, 2.45) is 0 Å². The fraction of sp³-hybridized carbons (Fsp3) is 0.280. The lowest BCUT2D eigenvalue weighted by atomic mass is 10.1. The van der Waals surface area contributed by atoms with Gasteiger partial charge in [0.1, 0.15) is 18.1 Å². The number of ether oxygens (including phenoxy) is 5. The van der Waals surface area contributed by atoms with E-state index in [1.807, 2.05) is 18.2 Å². The number of carbonyl (C=O) groups excluding carboxylic acids is 1. The lowest BCUT2D eigenvalue weighted by Crippen LogP contribution is -2.29. The fourth-order valence-corrected chi connectivity index (χ4v) is 3.58. The van der Waals surface area contributed by atoms with Crippen molar-refractivity contribution in [2.75, 3.05) is 41.6 Å². The number of rotatable bonds is 11. The van der Waals surface area contributed by atoms with E-state index < -0.39 is 0 Å². The summed E-state index contributed by atoms with van der Waals surface area (Å²) in [4.78, 5) is 12.3. The van der Waals surface area contributed by atoms with E-state index in [2.05, 4.69) is 20.6 Å². The van der Waals surface area contributed by atoms with Gasteiger partial charge in [-0.2, -0.15) is 4.52 Å². The minimum Gasteiger partial charge on any atom is -0.497 e. The van der Waals surface area contributed by atoms with Crippen LogP contribution in [0.4, 0.5) is 0 Å². The first-order chi connectivity index (χ1) is 17.6. The Bertz CT molecular complexity index is 1360. The number of methoxy groups -OCH3 is 4. The second-order valence-electron chi connectivity index (χ2n) is 7.60. The zero-order chi connectivity index (χ0) is 25.5. The van der Waals surface area contributed by atoms with Crippen molar-refractivity contribution < 1.29 is 28.5 Å². The molecule has 188 valence electrons. The third kappa shape index (κ3) is 5.40. The lowest BCUT2D eigenvalue weighted by Gasteiger charge is -2.11. The summed E-state index contributed by atoms with van der Waals surface area (Å²) in [6.45, 7) is 0.548. The molecule has 0 saturated carbocycles. The van der Waals surface area contributed by atoms with Gasteiger partial charge in [0.05, 0.1) is 47.0 Å². The van der Waals surface area contributed by atoms with Crippen molar-refractivity contribution in [1.29, 1.82) is 0 Å². The minimum absolute atomic E-state index is 0.137. The fourth-order valence-electron chi connectivity index (χ4n) is 3.58. The smallest absolute Gasteiger partial charge is 0.231 e. The predicted octanol–water partition coefficient (Wildman–Crippen LogP) is 2.56. The minimum atomic E-state index is -0.137. The number of amides is 1. The highest BCUT2D eigenvalue weighted by Crippen LogP contribution is 2.32. The maximum absolute atomic E-state index is 12.3. The third-order valence-corrected chi connectivity index (χ3v) is 5.37. The van der Waals surface area contributed by atoms with Crippen LogP contribution in [0.2, 0.25) is 0 Å². The second kappa shape index (κ2) is 11.3. The molecule has 1 N–H and O–H groups in total. The number of hydrogen-bond acceptors (Lipinski definition) is 9. The molecule has 11 heteroatoms. The molecule has 0 fully saturated rings. The van der Waals surface area contributed by atoms with Crippen LogP contribution in [-0.4, -0.2) is 67.3 Å². The van der Waals surface area contributed by atoms with Gasteiger partial charge in [0, 0.05) is 12.1 Å². The van der Waals surface area contributed by atoms with Crippen LogP contribution in [0.25, 0.3) is 17.0 Å². The Morgan fingerprint density at radius 2 is 1.67 bits per heavy atom. The van der Waals surface area contributed by atoms with Gasteiger partial charge in [0.15, 0.2) is 23.0 Å². The zero-order valence-corrected chi connectivity index (χ0v) is 20.5. The van der Waals surface area contributed by atoms with Gasteiger partial charge in [-0.1, -0.05) is 6.07 Å². The van der Waals surface area contributed by atoms with E-state index in [9.17, 15) is 4.79 Å². The highest BCUT2D eigenvalue weighted by atomic mass is 16.5. The number of fused-ring (bicyclic) bond motifs is 1. The summed E-state index contributed by atoms with van der Waals surface area (Å²) >= 11 is 0. The molecule has 4 rings (SSSR count). The Balaban J connectivity index is 1.37. The normalized spacial score (nSPS) is 10.7. The van der Waals surface area contributed by atoms with Crippen molar-refractivity contribution in [1.82, 2.24) is 25.1 Å². The van der Waals surface area contributed by atoms with Crippen LogP contribution in [0.3, 0.4) is 0 Å². The highest BCUT2D eigenvalue weighted by molar-refractivity contribution is 5.78. The average Bonchev–Trinajstić information content (AvgIpc) is 3.33. The molecule has 2 aromatic heterocycles. The molecule has 0 atom stereocenters. The summed E-state index contributed by atoms with van der Waals surface area (Å²) in [5.41, 5.74) is 2.07. The van der Waals surface area contributed by atoms with Gasteiger partial charge in [-0.15, -0.1) is 15.3 Å². The number of nitrogens with zero attached hydrogens (tertiary/aromatic N) is 4. The first kappa shape index (κ1) is 24.6. The molecule has 11 nitrogen and oxygen atoms in total. The number of benzene rings is 2. The van der Waals surface area contributed by atoms with E-state index in [0.717, 1.165) is 5.56 Å². The van der Waals surface area contributed by atoms with Gasteiger partial charge < -0.3 is 29.0 Å². The molecule has 0 radical (unpaired) electrons. The Hall–Kier alpha value is -4.54. The Labute approximate surface area is 207 Å². The molecular formula is C25H27N5O6. The maximum Gasteiger partial charge on any atom is 0.231 e. The lowest BCUT2D eigenvalue weighted by molar-refractivity contribution is -0.120. The monoisotopic (exact) mass is 493 g/mol. The molecule has 0 unspecified atom stereocenters. The summed E-state index contributed by atoms with van der Waals surface area (Å²) < 4.78 is 28.6. The van der Waals surface area contributed by atoms with Crippen LogP contribution in [0.15, 0.2) is 48.5 Å².